The topological polar surface area (TPSA) is 90.1 Å². The lowest BCUT2D eigenvalue weighted by Crippen LogP contribution is -2.08. The van der Waals surface area contributed by atoms with Gasteiger partial charge in [-0.3, -0.25) is 0 Å². The fourth-order valence-electron chi connectivity index (χ4n) is 2.29. The Labute approximate surface area is 155 Å². The molecule has 0 fully saturated rings. The number of carbonyl (C=O) groups excluding carboxylic acids is 1. The molecule has 26 heavy (non-hydrogen) atoms. The number of anilines is 3. The van der Waals surface area contributed by atoms with Crippen LogP contribution in [-0.4, -0.2) is 23.0 Å². The van der Waals surface area contributed by atoms with Crippen LogP contribution in [0.2, 0.25) is 0 Å². The summed E-state index contributed by atoms with van der Waals surface area (Å²) >= 11 is 1.45. The third-order valence-corrected chi connectivity index (χ3v) is 4.69. The number of rotatable bonds is 5. The molecule has 0 atom stereocenters. The molecule has 1 aromatic heterocycles. The van der Waals surface area contributed by atoms with Crippen molar-refractivity contribution in [3.05, 3.63) is 66.0 Å². The number of methoxy groups -OCH3 is 1. The number of nitrogens with two attached hydrogens (primary N) is 1. The lowest BCUT2D eigenvalue weighted by molar-refractivity contribution is 0.0602. The maximum atomic E-state index is 11.9. The minimum atomic E-state index is -0.435. The normalized spacial score (nSPS) is 10.4. The summed E-state index contributed by atoms with van der Waals surface area (Å²) in [5, 5.41) is 3.74. The fourth-order valence-corrected chi connectivity index (χ4v) is 3.09. The van der Waals surface area contributed by atoms with E-state index in [9.17, 15) is 4.79 Å². The number of carbonyl (C=O) groups is 1. The van der Waals surface area contributed by atoms with Crippen LogP contribution in [0.15, 0.2) is 64.8 Å². The highest BCUT2D eigenvalue weighted by molar-refractivity contribution is 7.99. The van der Waals surface area contributed by atoms with Crippen LogP contribution in [0.4, 0.5) is 17.2 Å². The molecule has 0 aliphatic heterocycles. The Balaban J connectivity index is 1.88. The summed E-state index contributed by atoms with van der Waals surface area (Å²) in [6.45, 7) is 2.04. The summed E-state index contributed by atoms with van der Waals surface area (Å²) in [5.74, 6) is 0.000876. The number of aryl methyl sites for hydroxylation is 1. The standard InChI is InChI=1S/C19H18N4O2S/c1-12-7-9-13(10-8-12)26-18-16(20)17(21-11-22-18)23-15-6-4-3-5-14(15)19(24)25-2/h3-11H,20H2,1-2H3,(H,21,22,23). The van der Waals surface area contributed by atoms with Crippen molar-refractivity contribution in [1.82, 2.24) is 9.97 Å². The zero-order valence-electron chi connectivity index (χ0n) is 14.4. The molecule has 7 heteroatoms. The molecule has 0 unspecified atom stereocenters. The summed E-state index contributed by atoms with van der Waals surface area (Å²) in [5.41, 5.74) is 8.81. The van der Waals surface area contributed by atoms with Crippen molar-refractivity contribution in [3.63, 3.8) is 0 Å². The average Bonchev–Trinajstić information content (AvgIpc) is 2.66. The van der Waals surface area contributed by atoms with Crippen LogP contribution >= 0.6 is 11.8 Å². The molecular weight excluding hydrogens is 348 g/mol. The Morgan fingerprint density at radius 2 is 1.85 bits per heavy atom. The Hall–Kier alpha value is -3.06. The fraction of sp³-hybridized carbons (Fsp3) is 0.105. The molecule has 2 aromatic carbocycles. The molecule has 3 aromatic rings. The van der Waals surface area contributed by atoms with E-state index >= 15 is 0 Å². The highest BCUT2D eigenvalue weighted by Gasteiger charge is 2.15. The SMILES string of the molecule is COC(=O)c1ccccc1Nc1ncnc(Sc2ccc(C)cc2)c1N. The van der Waals surface area contributed by atoms with Gasteiger partial charge in [-0.25, -0.2) is 14.8 Å². The van der Waals surface area contributed by atoms with E-state index in [0.717, 1.165) is 4.90 Å². The van der Waals surface area contributed by atoms with Crippen molar-refractivity contribution in [2.24, 2.45) is 0 Å². The lowest BCUT2D eigenvalue weighted by atomic mass is 10.2. The van der Waals surface area contributed by atoms with Crippen LogP contribution in [0.3, 0.4) is 0 Å². The minimum absolute atomic E-state index is 0.403. The van der Waals surface area contributed by atoms with Crippen molar-refractivity contribution < 1.29 is 9.53 Å². The second kappa shape index (κ2) is 7.88. The predicted octanol–water partition coefficient (Wildman–Crippen LogP) is 4.05. The molecule has 0 aliphatic rings. The summed E-state index contributed by atoms with van der Waals surface area (Å²) < 4.78 is 4.81. The van der Waals surface area contributed by atoms with E-state index in [4.69, 9.17) is 10.5 Å². The lowest BCUT2D eigenvalue weighted by Gasteiger charge is -2.13. The third-order valence-electron chi connectivity index (χ3n) is 3.67. The number of hydrogen-bond donors (Lipinski definition) is 2. The number of aromatic nitrogens is 2. The van der Waals surface area contributed by atoms with E-state index < -0.39 is 5.97 Å². The van der Waals surface area contributed by atoms with Gasteiger partial charge in [-0.1, -0.05) is 41.6 Å². The van der Waals surface area contributed by atoms with Crippen molar-refractivity contribution in [2.75, 3.05) is 18.2 Å². The average molecular weight is 366 g/mol. The van der Waals surface area contributed by atoms with Gasteiger partial charge in [0.15, 0.2) is 5.82 Å². The van der Waals surface area contributed by atoms with Crippen LogP contribution in [-0.2, 0) is 4.74 Å². The van der Waals surface area contributed by atoms with Gasteiger partial charge < -0.3 is 15.8 Å². The number of ether oxygens (including phenoxy) is 1. The van der Waals surface area contributed by atoms with Gasteiger partial charge >= 0.3 is 5.97 Å². The molecule has 0 spiro atoms. The molecular formula is C19H18N4O2S. The summed E-state index contributed by atoms with van der Waals surface area (Å²) in [6.07, 6.45) is 1.44. The van der Waals surface area contributed by atoms with E-state index in [1.165, 1.54) is 30.8 Å². The first-order valence-electron chi connectivity index (χ1n) is 7.88. The molecule has 0 amide bonds. The number of benzene rings is 2. The molecule has 1 heterocycles. The Morgan fingerprint density at radius 3 is 2.58 bits per heavy atom. The smallest absolute Gasteiger partial charge is 0.339 e. The van der Waals surface area contributed by atoms with Gasteiger partial charge in [-0.2, -0.15) is 0 Å². The van der Waals surface area contributed by atoms with Gasteiger partial charge in [0.2, 0.25) is 0 Å². The maximum absolute atomic E-state index is 11.9. The van der Waals surface area contributed by atoms with Gasteiger partial charge in [0.1, 0.15) is 17.0 Å². The summed E-state index contributed by atoms with van der Waals surface area (Å²) in [7, 11) is 1.34. The van der Waals surface area contributed by atoms with Crippen LogP contribution < -0.4 is 11.1 Å². The Kier molecular flexibility index (Phi) is 5.38. The molecule has 3 N–H and O–H groups in total. The number of nitrogen functional groups attached to an aromatic ring is 1. The third kappa shape index (κ3) is 3.94. The first-order valence-corrected chi connectivity index (χ1v) is 8.69. The predicted molar refractivity (Wildman–Crippen MR) is 103 cm³/mol. The minimum Gasteiger partial charge on any atom is -0.465 e. The molecule has 6 nitrogen and oxygen atoms in total. The summed E-state index contributed by atoms with van der Waals surface area (Å²) in [6, 6.07) is 15.1. The molecule has 3 rings (SSSR count). The van der Waals surface area contributed by atoms with Crippen molar-refractivity contribution >= 4 is 34.9 Å². The van der Waals surface area contributed by atoms with E-state index in [1.54, 1.807) is 18.2 Å². The van der Waals surface area contributed by atoms with E-state index in [2.05, 4.69) is 15.3 Å². The van der Waals surface area contributed by atoms with Gasteiger partial charge in [0, 0.05) is 4.90 Å². The Bertz CT molecular complexity index is 929. The van der Waals surface area contributed by atoms with Crippen molar-refractivity contribution in [3.8, 4) is 0 Å². The van der Waals surface area contributed by atoms with Crippen LogP contribution in [0.5, 0.6) is 0 Å². The number of esters is 1. The van der Waals surface area contributed by atoms with Crippen LogP contribution in [0.1, 0.15) is 15.9 Å². The summed E-state index contributed by atoms with van der Waals surface area (Å²) in [4.78, 5) is 21.4. The number of hydrogen-bond acceptors (Lipinski definition) is 7. The van der Waals surface area contributed by atoms with Crippen LogP contribution in [0, 0.1) is 6.92 Å². The van der Waals surface area contributed by atoms with Gasteiger partial charge in [0.25, 0.3) is 0 Å². The Morgan fingerprint density at radius 1 is 1.12 bits per heavy atom. The molecule has 0 radical (unpaired) electrons. The zero-order valence-corrected chi connectivity index (χ0v) is 15.2. The second-order valence-electron chi connectivity index (χ2n) is 5.52. The van der Waals surface area contributed by atoms with E-state index in [1.807, 2.05) is 37.3 Å². The van der Waals surface area contributed by atoms with Gasteiger partial charge in [-0.15, -0.1) is 0 Å². The zero-order chi connectivity index (χ0) is 18.5. The number of nitrogens with zero attached hydrogens (tertiary/aromatic N) is 2. The highest BCUT2D eigenvalue weighted by Crippen LogP contribution is 2.34. The van der Waals surface area contributed by atoms with Crippen LogP contribution in [0.25, 0.3) is 0 Å². The number of para-hydroxylation sites is 1. The van der Waals surface area contributed by atoms with E-state index in [0.29, 0.717) is 27.8 Å². The first kappa shape index (κ1) is 17.8. The molecule has 0 aliphatic carbocycles. The quantitative estimate of drug-likeness (QED) is 0.520. The van der Waals surface area contributed by atoms with Gasteiger partial charge in [-0.05, 0) is 31.2 Å². The van der Waals surface area contributed by atoms with E-state index in [-0.39, 0.29) is 0 Å². The monoisotopic (exact) mass is 366 g/mol. The van der Waals surface area contributed by atoms with Gasteiger partial charge in [0.05, 0.1) is 18.4 Å². The molecule has 0 bridgehead atoms. The largest absolute Gasteiger partial charge is 0.465 e. The van der Waals surface area contributed by atoms with Crippen molar-refractivity contribution in [1.29, 1.82) is 0 Å². The number of nitrogens with one attached hydrogen (secondary N) is 1. The molecule has 0 saturated carbocycles. The first-order chi connectivity index (χ1) is 12.6. The second-order valence-corrected chi connectivity index (χ2v) is 6.58. The molecule has 0 saturated heterocycles. The highest BCUT2D eigenvalue weighted by atomic mass is 32.2. The molecule has 132 valence electrons. The maximum Gasteiger partial charge on any atom is 0.339 e. The van der Waals surface area contributed by atoms with Crippen molar-refractivity contribution in [2.45, 2.75) is 16.8 Å².